The summed E-state index contributed by atoms with van der Waals surface area (Å²) in [6.07, 6.45) is 4.08. The molecular weight excluding hydrogens is 352 g/mol. The molecule has 0 spiro atoms. The van der Waals surface area contributed by atoms with E-state index in [4.69, 9.17) is 4.42 Å². The Bertz CT molecular complexity index is 1160. The van der Waals surface area contributed by atoms with Crippen LogP contribution in [0.15, 0.2) is 52.7 Å². The number of hydrogen-bond acceptors (Lipinski definition) is 8. The normalized spacial score (nSPS) is 13.5. The average Bonchev–Trinajstić information content (AvgIpc) is 3.30. The van der Waals surface area contributed by atoms with Crippen molar-refractivity contribution in [3.63, 3.8) is 0 Å². The van der Waals surface area contributed by atoms with Crippen molar-refractivity contribution in [3.05, 3.63) is 65.6 Å². The van der Waals surface area contributed by atoms with Crippen LogP contribution in [-0.2, 0) is 0 Å². The minimum Gasteiger partial charge on any atom is -0.417 e. The Kier molecular flexibility index (Phi) is 3.13. The molecular formula is C18H8N4O3S. The number of carbonyl (C=O) groups excluding carboxylic acids is 2. The third-order valence-corrected chi connectivity index (χ3v) is 4.88. The van der Waals surface area contributed by atoms with Crippen LogP contribution in [0.25, 0.3) is 27.2 Å². The first-order valence-electron chi connectivity index (χ1n) is 7.65. The largest absolute Gasteiger partial charge is 0.417 e. The van der Waals surface area contributed by atoms with Gasteiger partial charge in [0.2, 0.25) is 17.5 Å². The van der Waals surface area contributed by atoms with Gasteiger partial charge >= 0.3 is 0 Å². The first kappa shape index (κ1) is 14.8. The number of aromatic nitrogens is 4. The summed E-state index contributed by atoms with van der Waals surface area (Å²) in [4.78, 5) is 41.9. The average molecular weight is 360 g/mol. The maximum atomic E-state index is 12.3. The highest BCUT2D eigenvalue weighted by Crippen LogP contribution is 2.31. The lowest BCUT2D eigenvalue weighted by atomic mass is 10.1. The van der Waals surface area contributed by atoms with Crippen LogP contribution < -0.4 is 0 Å². The quantitative estimate of drug-likeness (QED) is 0.400. The number of hydrogen-bond donors (Lipinski definition) is 0. The van der Waals surface area contributed by atoms with E-state index in [0.29, 0.717) is 10.5 Å². The van der Waals surface area contributed by atoms with Crippen LogP contribution in [0.2, 0.25) is 0 Å². The third kappa shape index (κ3) is 2.20. The van der Waals surface area contributed by atoms with Gasteiger partial charge < -0.3 is 4.42 Å². The van der Waals surface area contributed by atoms with Gasteiger partial charge in [0.1, 0.15) is 16.4 Å². The van der Waals surface area contributed by atoms with E-state index < -0.39 is 11.6 Å². The van der Waals surface area contributed by atoms with Crippen molar-refractivity contribution < 1.29 is 14.0 Å². The highest BCUT2D eigenvalue weighted by Gasteiger charge is 2.36. The molecule has 124 valence electrons. The van der Waals surface area contributed by atoms with Crippen molar-refractivity contribution in [1.29, 1.82) is 0 Å². The third-order valence-electron chi connectivity index (χ3n) is 3.90. The summed E-state index contributed by atoms with van der Waals surface area (Å²) >= 11 is 1.38. The number of thiazole rings is 1. The van der Waals surface area contributed by atoms with Crippen LogP contribution in [-0.4, -0.2) is 31.5 Å². The fraction of sp³-hybridized carbons (Fsp3) is 0. The van der Waals surface area contributed by atoms with Crippen molar-refractivity contribution in [1.82, 2.24) is 19.9 Å². The van der Waals surface area contributed by atoms with E-state index in [9.17, 15) is 9.59 Å². The first-order valence-corrected chi connectivity index (χ1v) is 8.47. The van der Waals surface area contributed by atoms with Crippen LogP contribution in [0.3, 0.4) is 0 Å². The summed E-state index contributed by atoms with van der Waals surface area (Å²) in [6, 6.07) is 9.69. The van der Waals surface area contributed by atoms with E-state index in [-0.39, 0.29) is 22.9 Å². The zero-order valence-corrected chi connectivity index (χ0v) is 13.9. The van der Waals surface area contributed by atoms with Gasteiger partial charge in [0.25, 0.3) is 5.71 Å². The molecule has 0 amide bonds. The zero-order chi connectivity index (χ0) is 17.7. The smallest absolute Gasteiger partial charge is 0.259 e. The molecule has 7 nitrogen and oxygen atoms in total. The monoisotopic (exact) mass is 360 g/mol. The molecule has 0 unspecified atom stereocenters. The summed E-state index contributed by atoms with van der Waals surface area (Å²) in [5, 5.41) is 0.792. The molecule has 4 aromatic rings. The van der Waals surface area contributed by atoms with E-state index >= 15 is 0 Å². The van der Waals surface area contributed by atoms with Crippen LogP contribution in [0.5, 0.6) is 0 Å². The lowest BCUT2D eigenvalue weighted by molar-refractivity contribution is 0.0987. The molecule has 8 heteroatoms. The van der Waals surface area contributed by atoms with Gasteiger partial charge in [-0.1, -0.05) is 41.7 Å². The van der Waals surface area contributed by atoms with E-state index in [1.165, 1.54) is 29.8 Å². The maximum absolute atomic E-state index is 12.3. The molecule has 0 bridgehead atoms. The first-order chi connectivity index (χ1) is 12.7. The molecule has 0 radical (unpaired) electrons. The number of benzene rings is 1. The number of Topliss-reactive ketones (excluding diaryl/α,β-unsaturated/α-hetero) is 2. The molecule has 0 atom stereocenters. The Morgan fingerprint density at radius 2 is 1.62 bits per heavy atom. The van der Waals surface area contributed by atoms with Gasteiger partial charge in [0.15, 0.2) is 4.83 Å². The van der Waals surface area contributed by atoms with Crippen LogP contribution in [0.1, 0.15) is 26.9 Å². The number of allylic oxidation sites excluding steroid dienone is 1. The van der Waals surface area contributed by atoms with Gasteiger partial charge in [0.05, 0.1) is 5.57 Å². The summed E-state index contributed by atoms with van der Waals surface area (Å²) in [7, 11) is 0. The molecule has 0 saturated heterocycles. The fourth-order valence-electron chi connectivity index (χ4n) is 2.71. The topological polar surface area (TPSA) is 98.8 Å². The molecule has 3 aromatic heterocycles. The van der Waals surface area contributed by atoms with Crippen LogP contribution >= 0.6 is 11.3 Å². The second kappa shape index (κ2) is 5.50. The second-order valence-electron chi connectivity index (χ2n) is 5.52. The fourth-order valence-corrected chi connectivity index (χ4v) is 3.58. The predicted octanol–water partition coefficient (Wildman–Crippen LogP) is 3.20. The molecule has 0 aliphatic heterocycles. The zero-order valence-electron chi connectivity index (χ0n) is 13.0. The SMILES string of the molecule is O=C1C(=Cc2nc3sc(-c4ccccc4)nc3o2)C(=O)c2nccnc21. The van der Waals surface area contributed by atoms with Gasteiger partial charge in [-0.15, -0.1) is 0 Å². The molecule has 5 rings (SSSR count). The molecule has 0 N–H and O–H groups in total. The summed E-state index contributed by atoms with van der Waals surface area (Å²) in [5.41, 5.74) is 1.40. The van der Waals surface area contributed by atoms with Crippen molar-refractivity contribution in [2.75, 3.05) is 0 Å². The minimum absolute atomic E-state index is 0.0524. The molecule has 3 heterocycles. The van der Waals surface area contributed by atoms with Crippen molar-refractivity contribution in [2.24, 2.45) is 0 Å². The predicted molar refractivity (Wildman–Crippen MR) is 93.8 cm³/mol. The van der Waals surface area contributed by atoms with Crippen molar-refractivity contribution >= 4 is 39.5 Å². The van der Waals surface area contributed by atoms with Crippen LogP contribution in [0.4, 0.5) is 0 Å². The van der Waals surface area contributed by atoms with E-state index in [2.05, 4.69) is 19.9 Å². The number of carbonyl (C=O) groups is 2. The summed E-state index contributed by atoms with van der Waals surface area (Å²) in [5.74, 6) is -0.793. The molecule has 0 saturated carbocycles. The van der Waals surface area contributed by atoms with Gasteiger partial charge in [-0.25, -0.2) is 9.97 Å². The highest BCUT2D eigenvalue weighted by molar-refractivity contribution is 7.21. The van der Waals surface area contributed by atoms with Crippen molar-refractivity contribution in [2.45, 2.75) is 0 Å². The molecule has 1 aliphatic carbocycles. The van der Waals surface area contributed by atoms with E-state index in [1.807, 2.05) is 30.3 Å². The number of rotatable bonds is 2. The maximum Gasteiger partial charge on any atom is 0.259 e. The van der Waals surface area contributed by atoms with Gasteiger partial charge in [0, 0.05) is 24.0 Å². The Labute approximate surface area is 150 Å². The minimum atomic E-state index is -0.474. The Morgan fingerprint density at radius 1 is 0.923 bits per heavy atom. The van der Waals surface area contributed by atoms with Gasteiger partial charge in [-0.3, -0.25) is 9.59 Å². The van der Waals surface area contributed by atoms with Crippen molar-refractivity contribution in [3.8, 4) is 10.6 Å². The van der Waals surface area contributed by atoms with E-state index in [0.717, 1.165) is 10.6 Å². The Hall–Kier alpha value is -3.52. The molecule has 1 aliphatic rings. The highest BCUT2D eigenvalue weighted by atomic mass is 32.1. The van der Waals surface area contributed by atoms with Crippen LogP contribution in [0, 0.1) is 0 Å². The molecule has 1 aromatic carbocycles. The van der Waals surface area contributed by atoms with Gasteiger partial charge in [-0.2, -0.15) is 9.97 Å². The molecule has 26 heavy (non-hydrogen) atoms. The summed E-state index contributed by atoms with van der Waals surface area (Å²) < 4.78 is 5.59. The second-order valence-corrected chi connectivity index (χ2v) is 6.49. The van der Waals surface area contributed by atoms with E-state index in [1.54, 1.807) is 0 Å². The Morgan fingerprint density at radius 3 is 2.27 bits per heavy atom. The molecule has 0 fully saturated rings. The lowest BCUT2D eigenvalue weighted by Crippen LogP contribution is -2.01. The Balaban J connectivity index is 1.53. The number of ketones is 2. The lowest BCUT2D eigenvalue weighted by Gasteiger charge is -1.93. The number of fused-ring (bicyclic) bond motifs is 2. The summed E-state index contributed by atoms with van der Waals surface area (Å²) in [6.45, 7) is 0. The number of nitrogens with zero attached hydrogens (tertiary/aromatic N) is 4. The standard InChI is InChI=1S/C18H8N4O3S/c23-14-10(15(24)13-12(14)19-6-7-20-13)8-11-21-18-16(25-11)22-17(26-18)9-4-2-1-3-5-9/h1-8H. The van der Waals surface area contributed by atoms with Gasteiger partial charge in [-0.05, 0) is 0 Å². The number of oxazole rings is 1.